The summed E-state index contributed by atoms with van der Waals surface area (Å²) in [6.45, 7) is 5.15. The normalized spacial score (nSPS) is 28.3. The molecule has 2 aliphatic rings. The topological polar surface area (TPSA) is 21.3 Å². The lowest BCUT2D eigenvalue weighted by molar-refractivity contribution is 0.172. The maximum absolute atomic E-state index is 5.59. The summed E-state index contributed by atoms with van der Waals surface area (Å²) in [5.74, 6) is 1.38. The van der Waals surface area contributed by atoms with Crippen LogP contribution in [0, 0.1) is 5.92 Å². The van der Waals surface area contributed by atoms with Gasteiger partial charge in [-0.25, -0.2) is 0 Å². The minimum atomic E-state index is 0.598. The number of ether oxygens (including phenoxy) is 1. The van der Waals surface area contributed by atoms with Crippen LogP contribution in [-0.2, 0) is 11.2 Å². The molecule has 1 N–H and O–H groups in total. The Labute approximate surface area is 110 Å². The van der Waals surface area contributed by atoms with Crippen LogP contribution < -0.4 is 5.32 Å². The predicted octanol–water partition coefficient (Wildman–Crippen LogP) is 2.73. The van der Waals surface area contributed by atoms with Gasteiger partial charge in [-0.15, -0.1) is 0 Å². The van der Waals surface area contributed by atoms with Crippen molar-refractivity contribution in [1.29, 1.82) is 0 Å². The molecule has 0 spiro atoms. The highest BCUT2D eigenvalue weighted by atomic mass is 16.5. The molecule has 3 atom stereocenters. The van der Waals surface area contributed by atoms with E-state index in [1.165, 1.54) is 19.3 Å². The Bertz CT molecular complexity index is 398. The first-order valence-corrected chi connectivity index (χ1v) is 7.29. The Morgan fingerprint density at radius 2 is 2.22 bits per heavy atom. The average Bonchev–Trinajstić information content (AvgIpc) is 3.06. The zero-order valence-electron chi connectivity index (χ0n) is 11.2. The molecule has 3 rings (SSSR count). The minimum Gasteiger partial charge on any atom is -0.381 e. The lowest BCUT2D eigenvalue weighted by Crippen LogP contribution is -2.40. The third kappa shape index (κ3) is 2.19. The second kappa shape index (κ2) is 5.41. The number of hydrogen-bond donors (Lipinski definition) is 1. The van der Waals surface area contributed by atoms with Crippen molar-refractivity contribution in [3.8, 4) is 0 Å². The van der Waals surface area contributed by atoms with Gasteiger partial charge in [-0.2, -0.15) is 0 Å². The maximum atomic E-state index is 5.59. The standard InChI is InChI=1S/C16H23NO/c1-2-17-16(13-9-10-18-11-13)15-8-7-12-5-3-4-6-14(12)15/h3-6,13,15-17H,2,7-11H2,1H3. The molecule has 0 saturated carbocycles. The van der Waals surface area contributed by atoms with Gasteiger partial charge in [0.1, 0.15) is 0 Å². The highest BCUT2D eigenvalue weighted by Crippen LogP contribution is 2.39. The van der Waals surface area contributed by atoms with Gasteiger partial charge in [-0.1, -0.05) is 31.2 Å². The Morgan fingerprint density at radius 3 is 3.00 bits per heavy atom. The summed E-state index contributed by atoms with van der Waals surface area (Å²) in [5.41, 5.74) is 3.14. The Morgan fingerprint density at radius 1 is 1.33 bits per heavy atom. The predicted molar refractivity (Wildman–Crippen MR) is 73.9 cm³/mol. The molecule has 3 unspecified atom stereocenters. The first-order chi connectivity index (χ1) is 8.90. The minimum absolute atomic E-state index is 0.598. The van der Waals surface area contributed by atoms with E-state index in [9.17, 15) is 0 Å². The van der Waals surface area contributed by atoms with Gasteiger partial charge in [0, 0.05) is 24.5 Å². The summed E-state index contributed by atoms with van der Waals surface area (Å²) in [4.78, 5) is 0. The van der Waals surface area contributed by atoms with Crippen molar-refractivity contribution in [2.45, 2.75) is 38.1 Å². The SMILES string of the molecule is CCNC(C1CCOC1)C1CCc2ccccc21. The molecule has 1 aromatic rings. The van der Waals surface area contributed by atoms with Crippen LogP contribution in [0.4, 0.5) is 0 Å². The van der Waals surface area contributed by atoms with E-state index < -0.39 is 0 Å². The number of benzene rings is 1. The smallest absolute Gasteiger partial charge is 0.0510 e. The van der Waals surface area contributed by atoms with Crippen LogP contribution in [0.5, 0.6) is 0 Å². The van der Waals surface area contributed by atoms with Gasteiger partial charge < -0.3 is 10.1 Å². The molecule has 1 fully saturated rings. The molecule has 0 aromatic heterocycles. The third-order valence-electron chi connectivity index (χ3n) is 4.53. The lowest BCUT2D eigenvalue weighted by Gasteiger charge is -2.30. The third-order valence-corrected chi connectivity index (χ3v) is 4.53. The highest BCUT2D eigenvalue weighted by Gasteiger charge is 2.35. The lowest BCUT2D eigenvalue weighted by atomic mass is 9.84. The summed E-state index contributed by atoms with van der Waals surface area (Å²) < 4.78 is 5.59. The molecule has 1 aliphatic heterocycles. The Kier molecular flexibility index (Phi) is 3.67. The van der Waals surface area contributed by atoms with Crippen molar-refractivity contribution in [2.75, 3.05) is 19.8 Å². The molecule has 1 saturated heterocycles. The van der Waals surface area contributed by atoms with Gasteiger partial charge in [-0.05, 0) is 36.9 Å². The van der Waals surface area contributed by atoms with Crippen LogP contribution in [-0.4, -0.2) is 25.8 Å². The first kappa shape index (κ1) is 12.2. The van der Waals surface area contributed by atoms with Crippen molar-refractivity contribution < 1.29 is 4.74 Å². The van der Waals surface area contributed by atoms with Crippen molar-refractivity contribution in [2.24, 2.45) is 5.92 Å². The molecular weight excluding hydrogens is 222 g/mol. The van der Waals surface area contributed by atoms with Crippen LogP contribution in [0.15, 0.2) is 24.3 Å². The van der Waals surface area contributed by atoms with Gasteiger partial charge in [0.25, 0.3) is 0 Å². The number of hydrogen-bond acceptors (Lipinski definition) is 2. The van der Waals surface area contributed by atoms with Crippen molar-refractivity contribution in [3.63, 3.8) is 0 Å². The maximum Gasteiger partial charge on any atom is 0.0510 e. The Hall–Kier alpha value is -0.860. The number of aryl methyl sites for hydroxylation is 1. The molecule has 18 heavy (non-hydrogen) atoms. The number of likely N-dealkylation sites (N-methyl/N-ethyl adjacent to an activating group) is 1. The van der Waals surface area contributed by atoms with E-state index in [4.69, 9.17) is 4.74 Å². The molecule has 0 bridgehead atoms. The fraction of sp³-hybridized carbons (Fsp3) is 0.625. The van der Waals surface area contributed by atoms with Crippen LogP contribution in [0.2, 0.25) is 0 Å². The van der Waals surface area contributed by atoms with E-state index in [0.29, 0.717) is 17.9 Å². The van der Waals surface area contributed by atoms with E-state index in [0.717, 1.165) is 19.8 Å². The molecule has 1 aromatic carbocycles. The van der Waals surface area contributed by atoms with Gasteiger partial charge in [0.15, 0.2) is 0 Å². The number of fused-ring (bicyclic) bond motifs is 1. The monoisotopic (exact) mass is 245 g/mol. The zero-order valence-corrected chi connectivity index (χ0v) is 11.2. The van der Waals surface area contributed by atoms with Gasteiger partial charge in [-0.3, -0.25) is 0 Å². The summed E-state index contributed by atoms with van der Waals surface area (Å²) in [5, 5.41) is 3.73. The van der Waals surface area contributed by atoms with Crippen LogP contribution in [0.1, 0.15) is 36.8 Å². The highest BCUT2D eigenvalue weighted by molar-refractivity contribution is 5.36. The number of rotatable bonds is 4. The van der Waals surface area contributed by atoms with Gasteiger partial charge >= 0.3 is 0 Å². The van der Waals surface area contributed by atoms with Crippen LogP contribution in [0.3, 0.4) is 0 Å². The molecule has 0 amide bonds. The van der Waals surface area contributed by atoms with E-state index in [-0.39, 0.29) is 0 Å². The quantitative estimate of drug-likeness (QED) is 0.880. The van der Waals surface area contributed by atoms with Crippen LogP contribution in [0.25, 0.3) is 0 Å². The van der Waals surface area contributed by atoms with E-state index in [1.54, 1.807) is 11.1 Å². The fourth-order valence-corrected chi connectivity index (χ4v) is 3.67. The molecule has 1 heterocycles. The molecule has 0 radical (unpaired) electrons. The summed E-state index contributed by atoms with van der Waals surface area (Å²) >= 11 is 0. The fourth-order valence-electron chi connectivity index (χ4n) is 3.67. The Balaban J connectivity index is 1.83. The van der Waals surface area contributed by atoms with Crippen LogP contribution >= 0.6 is 0 Å². The first-order valence-electron chi connectivity index (χ1n) is 7.29. The molecule has 1 aliphatic carbocycles. The number of nitrogens with one attached hydrogen (secondary N) is 1. The zero-order chi connectivity index (χ0) is 12.4. The average molecular weight is 245 g/mol. The van der Waals surface area contributed by atoms with E-state index in [2.05, 4.69) is 36.5 Å². The van der Waals surface area contributed by atoms with E-state index in [1.807, 2.05) is 0 Å². The largest absolute Gasteiger partial charge is 0.381 e. The van der Waals surface area contributed by atoms with E-state index >= 15 is 0 Å². The summed E-state index contributed by atoms with van der Waals surface area (Å²) in [7, 11) is 0. The molecular formula is C16H23NO. The van der Waals surface area contributed by atoms with Crippen molar-refractivity contribution in [1.82, 2.24) is 5.32 Å². The van der Waals surface area contributed by atoms with Gasteiger partial charge in [0.05, 0.1) is 6.61 Å². The van der Waals surface area contributed by atoms with Gasteiger partial charge in [0.2, 0.25) is 0 Å². The molecule has 2 heteroatoms. The van der Waals surface area contributed by atoms with Crippen molar-refractivity contribution in [3.05, 3.63) is 35.4 Å². The molecule has 2 nitrogen and oxygen atoms in total. The second-order valence-electron chi connectivity index (χ2n) is 5.55. The summed E-state index contributed by atoms with van der Waals surface area (Å²) in [6, 6.07) is 9.57. The second-order valence-corrected chi connectivity index (χ2v) is 5.55. The summed E-state index contributed by atoms with van der Waals surface area (Å²) in [6.07, 6.45) is 3.76. The molecule has 98 valence electrons. The van der Waals surface area contributed by atoms with Crippen molar-refractivity contribution >= 4 is 0 Å².